The molecule has 4 N–H and O–H groups in total. The van der Waals surface area contributed by atoms with Crippen molar-refractivity contribution in [1.82, 2.24) is 9.97 Å². The minimum absolute atomic E-state index is 0.139. The van der Waals surface area contributed by atoms with Gasteiger partial charge in [-0.1, -0.05) is 13.3 Å². The van der Waals surface area contributed by atoms with E-state index in [2.05, 4.69) is 22.2 Å². The summed E-state index contributed by atoms with van der Waals surface area (Å²) in [5.74, 6) is 1.33. The average Bonchev–Trinajstić information content (AvgIpc) is 2.30. The molecule has 0 bridgehead atoms. The SMILES string of the molecule is CCCC(CCO)Nc1nc(N)ncc1OC. The number of nitrogens with two attached hydrogens (primary N) is 1. The Morgan fingerprint density at radius 1 is 1.53 bits per heavy atom. The molecule has 0 fully saturated rings. The molecule has 0 spiro atoms. The minimum Gasteiger partial charge on any atom is -0.491 e. The molecule has 1 rings (SSSR count). The molecule has 0 aliphatic heterocycles. The lowest BCUT2D eigenvalue weighted by atomic mass is 10.1. The first-order chi connectivity index (χ1) is 8.21. The topological polar surface area (TPSA) is 93.3 Å². The third-order valence-corrected chi connectivity index (χ3v) is 2.45. The molecule has 6 nitrogen and oxygen atoms in total. The molecule has 17 heavy (non-hydrogen) atoms. The largest absolute Gasteiger partial charge is 0.491 e. The number of ether oxygens (including phenoxy) is 1. The number of rotatable bonds is 7. The van der Waals surface area contributed by atoms with Crippen molar-refractivity contribution < 1.29 is 9.84 Å². The highest BCUT2D eigenvalue weighted by atomic mass is 16.5. The number of hydrogen-bond acceptors (Lipinski definition) is 6. The van der Waals surface area contributed by atoms with Crippen LogP contribution in [0.3, 0.4) is 0 Å². The van der Waals surface area contributed by atoms with E-state index in [4.69, 9.17) is 15.6 Å². The summed E-state index contributed by atoms with van der Waals surface area (Å²) in [6.07, 6.45) is 4.18. The number of nitrogens with zero attached hydrogens (tertiary/aromatic N) is 2. The lowest BCUT2D eigenvalue weighted by molar-refractivity contribution is 0.276. The van der Waals surface area contributed by atoms with Crippen molar-refractivity contribution in [3.8, 4) is 5.75 Å². The van der Waals surface area contributed by atoms with E-state index in [1.54, 1.807) is 7.11 Å². The first kappa shape index (κ1) is 13.5. The van der Waals surface area contributed by atoms with Crippen LogP contribution in [-0.4, -0.2) is 34.8 Å². The Labute approximate surface area is 101 Å². The third kappa shape index (κ3) is 4.07. The van der Waals surface area contributed by atoms with Crippen molar-refractivity contribution in [2.24, 2.45) is 0 Å². The number of aromatic nitrogens is 2. The van der Waals surface area contributed by atoms with Gasteiger partial charge in [0, 0.05) is 12.6 Å². The van der Waals surface area contributed by atoms with Crippen LogP contribution in [0.2, 0.25) is 0 Å². The molecule has 1 aromatic rings. The molecule has 1 aromatic heterocycles. The molecular formula is C11H20N4O2. The monoisotopic (exact) mass is 240 g/mol. The fourth-order valence-corrected chi connectivity index (χ4v) is 1.62. The molecule has 96 valence electrons. The van der Waals surface area contributed by atoms with Crippen molar-refractivity contribution in [2.45, 2.75) is 32.2 Å². The number of hydrogen-bond donors (Lipinski definition) is 3. The molecule has 1 unspecified atom stereocenters. The van der Waals surface area contributed by atoms with Gasteiger partial charge in [-0.3, -0.25) is 0 Å². The summed E-state index contributed by atoms with van der Waals surface area (Å²) in [5.41, 5.74) is 5.54. The second kappa shape index (κ2) is 6.90. The van der Waals surface area contributed by atoms with Gasteiger partial charge in [0.15, 0.2) is 11.6 Å². The van der Waals surface area contributed by atoms with Crippen LogP contribution < -0.4 is 15.8 Å². The highest BCUT2D eigenvalue weighted by Crippen LogP contribution is 2.23. The van der Waals surface area contributed by atoms with Crippen molar-refractivity contribution in [3.05, 3.63) is 6.20 Å². The van der Waals surface area contributed by atoms with Crippen molar-refractivity contribution in [1.29, 1.82) is 0 Å². The summed E-state index contributed by atoms with van der Waals surface area (Å²) in [5, 5.41) is 12.2. The van der Waals surface area contributed by atoms with Gasteiger partial charge in [0.2, 0.25) is 5.95 Å². The van der Waals surface area contributed by atoms with Crippen LogP contribution in [0, 0.1) is 0 Å². The molecule has 0 radical (unpaired) electrons. The molecule has 0 saturated heterocycles. The number of aliphatic hydroxyl groups is 1. The van der Waals surface area contributed by atoms with E-state index in [0.717, 1.165) is 12.8 Å². The Balaban J connectivity index is 2.79. The van der Waals surface area contributed by atoms with Gasteiger partial charge >= 0.3 is 0 Å². The maximum atomic E-state index is 8.99. The molecule has 1 heterocycles. The second-order valence-electron chi connectivity index (χ2n) is 3.79. The van der Waals surface area contributed by atoms with Gasteiger partial charge in [0.1, 0.15) is 0 Å². The van der Waals surface area contributed by atoms with E-state index in [0.29, 0.717) is 18.0 Å². The van der Waals surface area contributed by atoms with E-state index in [1.807, 2.05) is 0 Å². The quantitative estimate of drug-likeness (QED) is 0.659. The summed E-state index contributed by atoms with van der Waals surface area (Å²) in [7, 11) is 1.56. The molecular weight excluding hydrogens is 220 g/mol. The number of nitrogens with one attached hydrogen (secondary N) is 1. The Kier molecular flexibility index (Phi) is 5.48. The van der Waals surface area contributed by atoms with E-state index < -0.39 is 0 Å². The zero-order chi connectivity index (χ0) is 12.7. The van der Waals surface area contributed by atoms with Crippen LogP contribution in [0.1, 0.15) is 26.2 Å². The highest BCUT2D eigenvalue weighted by Gasteiger charge is 2.12. The summed E-state index contributed by atoms with van der Waals surface area (Å²) >= 11 is 0. The summed E-state index contributed by atoms with van der Waals surface area (Å²) in [6.45, 7) is 2.23. The van der Waals surface area contributed by atoms with Gasteiger partial charge in [-0.15, -0.1) is 0 Å². The Morgan fingerprint density at radius 2 is 2.29 bits per heavy atom. The van der Waals surface area contributed by atoms with E-state index >= 15 is 0 Å². The van der Waals surface area contributed by atoms with E-state index in [-0.39, 0.29) is 18.6 Å². The highest BCUT2D eigenvalue weighted by molar-refractivity contribution is 5.51. The Hall–Kier alpha value is -1.56. The predicted molar refractivity (Wildman–Crippen MR) is 67.0 cm³/mol. The Bertz CT molecular complexity index is 340. The third-order valence-electron chi connectivity index (χ3n) is 2.45. The second-order valence-corrected chi connectivity index (χ2v) is 3.79. The molecule has 1 atom stereocenters. The Morgan fingerprint density at radius 3 is 2.88 bits per heavy atom. The van der Waals surface area contributed by atoms with E-state index in [9.17, 15) is 0 Å². The standard InChI is InChI=1S/C11H20N4O2/c1-3-4-8(5-6-16)14-10-9(17-2)7-13-11(12)15-10/h7-8,16H,3-6H2,1-2H3,(H3,12,13,14,15). The smallest absolute Gasteiger partial charge is 0.222 e. The first-order valence-electron chi connectivity index (χ1n) is 5.75. The first-order valence-corrected chi connectivity index (χ1v) is 5.75. The van der Waals surface area contributed by atoms with Crippen LogP contribution in [0.25, 0.3) is 0 Å². The van der Waals surface area contributed by atoms with Crippen LogP contribution in [0.4, 0.5) is 11.8 Å². The number of anilines is 2. The van der Waals surface area contributed by atoms with Crippen LogP contribution in [0.15, 0.2) is 6.20 Å². The lowest BCUT2D eigenvalue weighted by Crippen LogP contribution is -2.22. The van der Waals surface area contributed by atoms with Gasteiger partial charge in [0.05, 0.1) is 13.3 Å². The molecule has 6 heteroatoms. The van der Waals surface area contributed by atoms with Crippen molar-refractivity contribution >= 4 is 11.8 Å². The van der Waals surface area contributed by atoms with Gasteiger partial charge in [-0.05, 0) is 12.8 Å². The molecule has 0 aromatic carbocycles. The normalized spacial score (nSPS) is 12.2. The summed E-state index contributed by atoms with van der Waals surface area (Å²) < 4.78 is 5.15. The zero-order valence-corrected chi connectivity index (χ0v) is 10.3. The van der Waals surface area contributed by atoms with Crippen molar-refractivity contribution in [3.63, 3.8) is 0 Å². The fraction of sp³-hybridized carbons (Fsp3) is 0.636. The summed E-state index contributed by atoms with van der Waals surface area (Å²) in [4.78, 5) is 7.96. The molecule has 0 saturated carbocycles. The zero-order valence-electron chi connectivity index (χ0n) is 10.3. The minimum atomic E-state index is 0.139. The number of nitrogen functional groups attached to an aromatic ring is 1. The van der Waals surface area contributed by atoms with Gasteiger partial charge in [-0.2, -0.15) is 4.98 Å². The molecule has 0 amide bonds. The maximum Gasteiger partial charge on any atom is 0.222 e. The average molecular weight is 240 g/mol. The lowest BCUT2D eigenvalue weighted by Gasteiger charge is -2.19. The molecule has 0 aliphatic rings. The van der Waals surface area contributed by atoms with Gasteiger partial charge in [-0.25, -0.2) is 4.98 Å². The predicted octanol–water partition coefficient (Wildman–Crippen LogP) is 1.03. The number of methoxy groups -OCH3 is 1. The van der Waals surface area contributed by atoms with E-state index in [1.165, 1.54) is 6.20 Å². The summed E-state index contributed by atoms with van der Waals surface area (Å²) in [6, 6.07) is 0.160. The number of aliphatic hydroxyl groups excluding tert-OH is 1. The van der Waals surface area contributed by atoms with Crippen LogP contribution in [-0.2, 0) is 0 Å². The van der Waals surface area contributed by atoms with Gasteiger partial charge < -0.3 is 20.9 Å². The van der Waals surface area contributed by atoms with Gasteiger partial charge in [0.25, 0.3) is 0 Å². The molecule has 0 aliphatic carbocycles. The maximum absolute atomic E-state index is 8.99. The fourth-order valence-electron chi connectivity index (χ4n) is 1.62. The van der Waals surface area contributed by atoms with Crippen LogP contribution >= 0.6 is 0 Å². The van der Waals surface area contributed by atoms with Crippen molar-refractivity contribution in [2.75, 3.05) is 24.8 Å². The van der Waals surface area contributed by atoms with Crippen LogP contribution in [0.5, 0.6) is 5.75 Å².